The lowest BCUT2D eigenvalue weighted by Gasteiger charge is -2.24. The number of rotatable bonds is 5. The van der Waals surface area contributed by atoms with Crippen LogP contribution in [-0.2, 0) is 9.53 Å². The second kappa shape index (κ2) is 7.09. The lowest BCUT2D eigenvalue weighted by Crippen LogP contribution is -2.47. The van der Waals surface area contributed by atoms with Crippen molar-refractivity contribution in [1.82, 2.24) is 5.32 Å². The molecule has 4 nitrogen and oxygen atoms in total. The van der Waals surface area contributed by atoms with Gasteiger partial charge in [-0.05, 0) is 31.3 Å². The van der Waals surface area contributed by atoms with Gasteiger partial charge in [-0.25, -0.2) is 0 Å². The fourth-order valence-electron chi connectivity index (χ4n) is 1.53. The summed E-state index contributed by atoms with van der Waals surface area (Å²) in [5.41, 5.74) is 5.76. The van der Waals surface area contributed by atoms with E-state index in [0.29, 0.717) is 0 Å². The summed E-state index contributed by atoms with van der Waals surface area (Å²) in [4.78, 5) is 11.6. The Balaban J connectivity index is 2.20. The van der Waals surface area contributed by atoms with Crippen LogP contribution in [0.1, 0.15) is 19.3 Å². The van der Waals surface area contributed by atoms with Crippen molar-refractivity contribution in [2.45, 2.75) is 31.3 Å². The Morgan fingerprint density at radius 3 is 2.87 bits per heavy atom. The largest absolute Gasteiger partial charge is 0.381 e. The zero-order valence-electron chi connectivity index (χ0n) is 9.20. The van der Waals surface area contributed by atoms with E-state index >= 15 is 0 Å². The topological polar surface area (TPSA) is 64.4 Å². The Labute approximate surface area is 95.3 Å². The van der Waals surface area contributed by atoms with Crippen molar-refractivity contribution in [2.75, 3.05) is 25.2 Å². The van der Waals surface area contributed by atoms with Crippen molar-refractivity contribution in [3.05, 3.63) is 0 Å². The smallest absolute Gasteiger partial charge is 0.237 e. The zero-order valence-corrected chi connectivity index (χ0v) is 10.0. The summed E-state index contributed by atoms with van der Waals surface area (Å²) in [5.74, 6) is 0.915. The monoisotopic (exact) mass is 232 g/mol. The van der Waals surface area contributed by atoms with Crippen LogP contribution >= 0.6 is 11.8 Å². The van der Waals surface area contributed by atoms with Gasteiger partial charge in [0, 0.05) is 19.3 Å². The van der Waals surface area contributed by atoms with Crippen molar-refractivity contribution in [3.63, 3.8) is 0 Å². The lowest BCUT2D eigenvalue weighted by molar-refractivity contribution is -0.123. The molecule has 1 amide bonds. The number of amides is 1. The first-order valence-electron chi connectivity index (χ1n) is 5.36. The molecule has 3 N–H and O–H groups in total. The molecule has 0 saturated carbocycles. The van der Waals surface area contributed by atoms with Crippen molar-refractivity contribution in [3.8, 4) is 0 Å². The summed E-state index contributed by atoms with van der Waals surface area (Å²) in [6, 6.07) is -0.105. The number of nitrogens with two attached hydrogens (primary N) is 1. The van der Waals surface area contributed by atoms with Gasteiger partial charge in [0.2, 0.25) is 5.91 Å². The highest BCUT2D eigenvalue weighted by Gasteiger charge is 2.19. The highest BCUT2D eigenvalue weighted by atomic mass is 32.2. The van der Waals surface area contributed by atoms with E-state index in [1.807, 2.05) is 6.26 Å². The molecule has 1 atom stereocenters. The van der Waals surface area contributed by atoms with Gasteiger partial charge in [-0.3, -0.25) is 4.79 Å². The molecule has 0 radical (unpaired) electrons. The Bertz CT molecular complexity index is 196. The molecule has 15 heavy (non-hydrogen) atoms. The molecule has 0 aromatic heterocycles. The van der Waals surface area contributed by atoms with Crippen LogP contribution < -0.4 is 11.1 Å². The molecule has 1 rings (SSSR count). The average molecular weight is 232 g/mol. The van der Waals surface area contributed by atoms with Crippen LogP contribution in [-0.4, -0.2) is 43.2 Å². The maximum atomic E-state index is 11.6. The second-order valence-corrected chi connectivity index (χ2v) is 4.77. The molecule has 0 spiro atoms. The van der Waals surface area contributed by atoms with Gasteiger partial charge in [0.25, 0.3) is 0 Å². The first-order valence-corrected chi connectivity index (χ1v) is 6.76. The minimum Gasteiger partial charge on any atom is -0.381 e. The van der Waals surface area contributed by atoms with Crippen LogP contribution in [0.25, 0.3) is 0 Å². The van der Waals surface area contributed by atoms with Crippen molar-refractivity contribution in [1.29, 1.82) is 0 Å². The minimum absolute atomic E-state index is 0.0176. The van der Waals surface area contributed by atoms with E-state index in [9.17, 15) is 4.79 Å². The summed E-state index contributed by atoms with van der Waals surface area (Å²) in [6.45, 7) is 1.48. The molecular formula is C10H20N2O2S. The fourth-order valence-corrected chi connectivity index (χ4v) is 2.02. The lowest BCUT2D eigenvalue weighted by atomic mass is 10.1. The maximum absolute atomic E-state index is 11.6. The number of carbonyl (C=O) groups excluding carboxylic acids is 1. The number of thioether (sulfide) groups is 1. The average Bonchev–Trinajstić information content (AvgIpc) is 2.27. The van der Waals surface area contributed by atoms with Crippen molar-refractivity contribution in [2.24, 2.45) is 5.73 Å². The Hall–Kier alpha value is -0.260. The van der Waals surface area contributed by atoms with Gasteiger partial charge < -0.3 is 15.8 Å². The third-order valence-electron chi connectivity index (χ3n) is 2.54. The van der Waals surface area contributed by atoms with Crippen molar-refractivity contribution < 1.29 is 9.53 Å². The van der Waals surface area contributed by atoms with Crippen LogP contribution in [0.2, 0.25) is 0 Å². The van der Waals surface area contributed by atoms with E-state index in [2.05, 4.69) is 5.32 Å². The van der Waals surface area contributed by atoms with E-state index in [-0.39, 0.29) is 18.0 Å². The third-order valence-corrected chi connectivity index (χ3v) is 3.18. The number of hydrogen-bond donors (Lipinski definition) is 2. The highest BCUT2D eigenvalue weighted by Crippen LogP contribution is 2.07. The Morgan fingerprint density at radius 1 is 1.60 bits per heavy atom. The van der Waals surface area contributed by atoms with E-state index < -0.39 is 0 Å². The quantitative estimate of drug-likeness (QED) is 0.718. The molecule has 1 aliphatic rings. The summed E-state index contributed by atoms with van der Waals surface area (Å²) in [6.07, 6.45) is 4.57. The minimum atomic E-state index is -0.361. The second-order valence-electron chi connectivity index (χ2n) is 3.78. The Kier molecular flexibility index (Phi) is 6.05. The molecule has 1 heterocycles. The predicted molar refractivity (Wildman–Crippen MR) is 63.0 cm³/mol. The SMILES string of the molecule is CSCC[C@H](N)C(=O)NC1CCOCC1. The predicted octanol–water partition coefficient (Wildman–Crippen LogP) is 0.362. The molecule has 88 valence electrons. The summed E-state index contributed by atoms with van der Waals surface area (Å²) in [7, 11) is 0. The molecule has 0 aromatic rings. The number of ether oxygens (including phenoxy) is 1. The number of carbonyl (C=O) groups is 1. The first kappa shape index (κ1) is 12.8. The van der Waals surface area contributed by atoms with Crippen molar-refractivity contribution >= 4 is 17.7 Å². The molecule has 0 bridgehead atoms. The van der Waals surface area contributed by atoms with E-state index in [1.54, 1.807) is 11.8 Å². The van der Waals surface area contributed by atoms with E-state index in [1.165, 1.54) is 0 Å². The molecular weight excluding hydrogens is 212 g/mol. The normalized spacial score (nSPS) is 19.9. The highest BCUT2D eigenvalue weighted by molar-refractivity contribution is 7.98. The third kappa shape index (κ3) is 4.86. The van der Waals surface area contributed by atoms with Crippen LogP contribution in [0.5, 0.6) is 0 Å². The molecule has 1 fully saturated rings. The number of hydrogen-bond acceptors (Lipinski definition) is 4. The van der Waals surface area contributed by atoms with E-state index in [0.717, 1.165) is 38.2 Å². The maximum Gasteiger partial charge on any atom is 0.237 e. The molecule has 1 aliphatic heterocycles. The van der Waals surface area contributed by atoms with Crippen LogP contribution in [0.3, 0.4) is 0 Å². The molecule has 0 aromatic carbocycles. The van der Waals surface area contributed by atoms with Gasteiger partial charge in [-0.1, -0.05) is 0 Å². The van der Waals surface area contributed by atoms with Gasteiger partial charge in [0.15, 0.2) is 0 Å². The van der Waals surface area contributed by atoms with E-state index in [4.69, 9.17) is 10.5 Å². The van der Waals surface area contributed by atoms with Crippen LogP contribution in [0.4, 0.5) is 0 Å². The first-order chi connectivity index (χ1) is 7.24. The summed E-state index contributed by atoms with van der Waals surface area (Å²) in [5, 5.41) is 2.97. The summed E-state index contributed by atoms with van der Waals surface area (Å²) >= 11 is 1.71. The van der Waals surface area contributed by atoms with Crippen LogP contribution in [0, 0.1) is 0 Å². The van der Waals surface area contributed by atoms with Gasteiger partial charge in [-0.2, -0.15) is 11.8 Å². The standard InChI is InChI=1S/C10H20N2O2S/c1-15-7-4-9(11)10(13)12-8-2-5-14-6-3-8/h8-9H,2-7,11H2,1H3,(H,12,13)/t9-/m0/s1. The zero-order chi connectivity index (χ0) is 11.1. The Morgan fingerprint density at radius 2 is 2.27 bits per heavy atom. The molecule has 5 heteroatoms. The van der Waals surface area contributed by atoms with Crippen LogP contribution in [0.15, 0.2) is 0 Å². The molecule has 0 unspecified atom stereocenters. The fraction of sp³-hybridized carbons (Fsp3) is 0.900. The molecule has 1 saturated heterocycles. The van der Waals surface area contributed by atoms with Gasteiger partial charge in [0.1, 0.15) is 0 Å². The summed E-state index contributed by atoms with van der Waals surface area (Å²) < 4.78 is 5.22. The van der Waals surface area contributed by atoms with Gasteiger partial charge in [-0.15, -0.1) is 0 Å². The van der Waals surface area contributed by atoms with Gasteiger partial charge >= 0.3 is 0 Å². The molecule has 0 aliphatic carbocycles. The van der Waals surface area contributed by atoms with Gasteiger partial charge in [0.05, 0.1) is 6.04 Å². The number of nitrogens with one attached hydrogen (secondary N) is 1.